The molecule has 0 aliphatic heterocycles. The van der Waals surface area contributed by atoms with Crippen LogP contribution >= 0.6 is 15.2 Å². The highest BCUT2D eigenvalue weighted by atomic mass is 31.2. The number of amides is 1. The van der Waals surface area contributed by atoms with Crippen LogP contribution in [0.3, 0.4) is 0 Å². The minimum absolute atomic E-state index is 0.193. The minimum atomic E-state index is -4.87. The summed E-state index contributed by atoms with van der Waals surface area (Å²) in [5, 5.41) is 2.44. The second kappa shape index (κ2) is 8.93. The van der Waals surface area contributed by atoms with Gasteiger partial charge >= 0.3 is 15.2 Å². The van der Waals surface area contributed by atoms with Gasteiger partial charge in [0, 0.05) is 19.8 Å². The lowest BCUT2D eigenvalue weighted by atomic mass is 10.1. The normalized spacial score (nSPS) is 14.4. The highest BCUT2D eigenvalue weighted by Crippen LogP contribution is 2.64. The fourth-order valence-electron chi connectivity index (χ4n) is 2.65. The fourth-order valence-corrected chi connectivity index (χ4v) is 6.06. The first-order valence-corrected chi connectivity index (χ1v) is 11.2. The Labute approximate surface area is 157 Å². The summed E-state index contributed by atoms with van der Waals surface area (Å²) < 4.78 is 35.3. The SMILES string of the molecule is COP(=O)(OC)C(NC(=O)c1ccccc1)C(c1ccccc1)P(=O)(O)O. The van der Waals surface area contributed by atoms with Crippen molar-refractivity contribution in [1.29, 1.82) is 0 Å². The van der Waals surface area contributed by atoms with Crippen molar-refractivity contribution < 1.29 is 32.8 Å². The van der Waals surface area contributed by atoms with E-state index >= 15 is 0 Å². The molecule has 0 saturated heterocycles. The van der Waals surface area contributed by atoms with Gasteiger partial charge in [0.2, 0.25) is 0 Å². The van der Waals surface area contributed by atoms with Crippen LogP contribution in [-0.4, -0.2) is 35.7 Å². The molecule has 0 saturated carbocycles. The topological polar surface area (TPSA) is 122 Å². The Hall–Kier alpha value is -1.79. The van der Waals surface area contributed by atoms with Crippen LogP contribution in [0, 0.1) is 0 Å². The van der Waals surface area contributed by atoms with E-state index < -0.39 is 32.5 Å². The molecule has 10 heteroatoms. The number of hydrogen-bond donors (Lipinski definition) is 3. The molecule has 0 heterocycles. The molecule has 2 rings (SSSR count). The number of rotatable bonds is 8. The van der Waals surface area contributed by atoms with Gasteiger partial charge in [-0.25, -0.2) is 0 Å². The van der Waals surface area contributed by atoms with E-state index in [-0.39, 0.29) is 11.1 Å². The van der Waals surface area contributed by atoms with E-state index in [1.165, 1.54) is 24.3 Å². The van der Waals surface area contributed by atoms with E-state index in [0.29, 0.717) is 0 Å². The van der Waals surface area contributed by atoms with Gasteiger partial charge in [0.05, 0.1) is 0 Å². The third-order valence-electron chi connectivity index (χ3n) is 3.97. The standard InChI is InChI=1S/C17H21NO7P2/c1-24-27(23,25-2)17(18-16(19)14-11-7-4-8-12-14)15(26(20,21)22)13-9-5-3-6-10-13/h3-12,15,17H,1-2H3,(H,18,19)(H2,20,21,22). The van der Waals surface area contributed by atoms with E-state index in [1.54, 1.807) is 36.4 Å². The zero-order chi connectivity index (χ0) is 20.1. The van der Waals surface area contributed by atoms with Gasteiger partial charge in [-0.15, -0.1) is 0 Å². The molecule has 2 aromatic rings. The molecule has 3 N–H and O–H groups in total. The van der Waals surface area contributed by atoms with Crippen molar-refractivity contribution in [2.24, 2.45) is 0 Å². The predicted molar refractivity (Wildman–Crippen MR) is 101 cm³/mol. The molecule has 2 atom stereocenters. The molecule has 2 unspecified atom stereocenters. The first-order valence-electron chi connectivity index (χ1n) is 7.90. The van der Waals surface area contributed by atoms with Crippen LogP contribution in [0.25, 0.3) is 0 Å². The average molecular weight is 413 g/mol. The second-order valence-corrected chi connectivity index (χ2v) is 9.73. The van der Waals surface area contributed by atoms with Gasteiger partial charge in [0.15, 0.2) is 0 Å². The van der Waals surface area contributed by atoms with Gasteiger partial charge in [-0.05, 0) is 17.7 Å². The fraction of sp³-hybridized carbons (Fsp3) is 0.235. The largest absolute Gasteiger partial charge is 0.353 e. The average Bonchev–Trinajstić information content (AvgIpc) is 2.67. The van der Waals surface area contributed by atoms with Crippen molar-refractivity contribution in [2.45, 2.75) is 11.4 Å². The number of benzene rings is 2. The molecule has 0 aromatic heterocycles. The van der Waals surface area contributed by atoms with Gasteiger partial charge in [0.1, 0.15) is 11.4 Å². The van der Waals surface area contributed by atoms with Crippen LogP contribution in [0.2, 0.25) is 0 Å². The van der Waals surface area contributed by atoms with Gasteiger partial charge in [0.25, 0.3) is 5.91 Å². The molecule has 0 radical (unpaired) electrons. The van der Waals surface area contributed by atoms with Crippen LogP contribution in [0.4, 0.5) is 0 Å². The van der Waals surface area contributed by atoms with Gasteiger partial charge < -0.3 is 24.2 Å². The van der Waals surface area contributed by atoms with Gasteiger partial charge in [-0.1, -0.05) is 48.5 Å². The van der Waals surface area contributed by atoms with Crippen LogP contribution < -0.4 is 5.32 Å². The van der Waals surface area contributed by atoms with E-state index in [0.717, 1.165) is 14.2 Å². The van der Waals surface area contributed by atoms with E-state index in [4.69, 9.17) is 9.05 Å². The highest BCUT2D eigenvalue weighted by molar-refractivity contribution is 7.58. The Kier molecular flexibility index (Phi) is 7.12. The molecular weight excluding hydrogens is 392 g/mol. The van der Waals surface area contributed by atoms with E-state index in [9.17, 15) is 23.7 Å². The molecule has 27 heavy (non-hydrogen) atoms. The Balaban J connectivity index is 2.55. The van der Waals surface area contributed by atoms with Crippen molar-refractivity contribution in [3.8, 4) is 0 Å². The van der Waals surface area contributed by atoms with Crippen molar-refractivity contribution in [2.75, 3.05) is 14.2 Å². The number of nitrogens with one attached hydrogen (secondary N) is 1. The molecule has 0 fully saturated rings. The zero-order valence-electron chi connectivity index (χ0n) is 14.8. The maximum Gasteiger partial charge on any atom is 0.353 e. The molecule has 0 spiro atoms. The Bertz CT molecular complexity index is 846. The van der Waals surface area contributed by atoms with Crippen LogP contribution in [-0.2, 0) is 18.2 Å². The molecule has 146 valence electrons. The number of carbonyl (C=O) groups excluding carboxylic acids is 1. The number of hydrogen-bond acceptors (Lipinski definition) is 5. The smallest absolute Gasteiger partial charge is 0.337 e. The monoisotopic (exact) mass is 413 g/mol. The summed E-state index contributed by atoms with van der Waals surface area (Å²) in [4.78, 5) is 32.5. The summed E-state index contributed by atoms with van der Waals surface area (Å²) in [6.45, 7) is 0. The lowest BCUT2D eigenvalue weighted by Gasteiger charge is -2.32. The van der Waals surface area contributed by atoms with Crippen molar-refractivity contribution in [3.05, 3.63) is 71.8 Å². The van der Waals surface area contributed by atoms with E-state index in [1.807, 2.05) is 0 Å². The summed E-state index contributed by atoms with van der Waals surface area (Å²) in [6, 6.07) is 15.8. The Morgan fingerprint density at radius 1 is 0.926 bits per heavy atom. The van der Waals surface area contributed by atoms with Crippen molar-refractivity contribution >= 4 is 21.1 Å². The quantitative estimate of drug-likeness (QED) is 0.568. The van der Waals surface area contributed by atoms with E-state index in [2.05, 4.69) is 5.32 Å². The maximum atomic E-state index is 13.1. The van der Waals surface area contributed by atoms with Gasteiger partial charge in [-0.3, -0.25) is 13.9 Å². The summed E-state index contributed by atoms with van der Waals surface area (Å²) in [5.74, 6) is -2.27. The van der Waals surface area contributed by atoms with Crippen molar-refractivity contribution in [1.82, 2.24) is 5.32 Å². The minimum Gasteiger partial charge on any atom is -0.337 e. The van der Waals surface area contributed by atoms with Crippen LogP contribution in [0.5, 0.6) is 0 Å². The molecule has 0 aliphatic carbocycles. The molecule has 8 nitrogen and oxygen atoms in total. The predicted octanol–water partition coefficient (Wildman–Crippen LogP) is 3.15. The summed E-state index contributed by atoms with van der Waals surface area (Å²) >= 11 is 0. The molecule has 0 bridgehead atoms. The summed E-state index contributed by atoms with van der Waals surface area (Å²) in [7, 11) is -6.80. The van der Waals surface area contributed by atoms with Crippen LogP contribution in [0.1, 0.15) is 21.6 Å². The first-order chi connectivity index (χ1) is 12.7. The van der Waals surface area contributed by atoms with Crippen molar-refractivity contribution in [3.63, 3.8) is 0 Å². The molecule has 2 aromatic carbocycles. The zero-order valence-corrected chi connectivity index (χ0v) is 16.5. The lowest BCUT2D eigenvalue weighted by Crippen LogP contribution is -2.40. The third kappa shape index (κ3) is 5.14. The third-order valence-corrected chi connectivity index (χ3v) is 7.65. The summed E-state index contributed by atoms with van der Waals surface area (Å²) in [5.41, 5.74) is -1.20. The highest BCUT2D eigenvalue weighted by Gasteiger charge is 2.49. The Morgan fingerprint density at radius 2 is 1.41 bits per heavy atom. The number of carbonyl (C=O) groups is 1. The molecule has 0 aliphatic rings. The summed E-state index contributed by atoms with van der Waals surface area (Å²) in [6.07, 6.45) is 0. The van der Waals surface area contributed by atoms with Gasteiger partial charge in [-0.2, -0.15) is 0 Å². The molecular formula is C17H21NO7P2. The Morgan fingerprint density at radius 3 is 1.85 bits per heavy atom. The van der Waals surface area contributed by atoms with Crippen LogP contribution in [0.15, 0.2) is 60.7 Å². The first kappa shape index (κ1) is 21.5. The second-order valence-electron chi connectivity index (χ2n) is 5.63. The molecule has 1 amide bonds. The maximum absolute atomic E-state index is 13.1. The lowest BCUT2D eigenvalue weighted by molar-refractivity contribution is 0.0939.